The number of nitrogens with one attached hydrogen (secondary N) is 2. The van der Waals surface area contributed by atoms with Crippen LogP contribution in [0.5, 0.6) is 0 Å². The first-order valence-corrected chi connectivity index (χ1v) is 8.26. The lowest BCUT2D eigenvalue weighted by molar-refractivity contribution is 0.0952. The number of H-pyrrole nitrogens is 1. The van der Waals surface area contributed by atoms with Gasteiger partial charge in [-0.25, -0.2) is 0 Å². The summed E-state index contributed by atoms with van der Waals surface area (Å²) in [5, 5.41) is 9.92. The molecule has 1 amide bonds. The fourth-order valence-electron chi connectivity index (χ4n) is 2.18. The summed E-state index contributed by atoms with van der Waals surface area (Å²) in [4.78, 5) is 13.3. The lowest BCUT2D eigenvalue weighted by Crippen LogP contribution is -2.25. The highest BCUT2D eigenvalue weighted by molar-refractivity contribution is 7.98. The molecule has 0 saturated carbocycles. The van der Waals surface area contributed by atoms with Gasteiger partial charge >= 0.3 is 0 Å². The van der Waals surface area contributed by atoms with Crippen molar-refractivity contribution in [3.05, 3.63) is 46.8 Å². The second-order valence-corrected chi connectivity index (χ2v) is 5.94. The van der Waals surface area contributed by atoms with Gasteiger partial charge in [0.05, 0.1) is 6.20 Å². The zero-order valence-corrected chi connectivity index (χ0v) is 13.5. The molecule has 0 radical (unpaired) electrons. The maximum absolute atomic E-state index is 12.2. The highest BCUT2D eigenvalue weighted by atomic mass is 32.2. The second kappa shape index (κ2) is 7.31. The smallest absolute Gasteiger partial charge is 0.251 e. The first-order chi connectivity index (χ1) is 10.1. The van der Waals surface area contributed by atoms with Gasteiger partial charge in [0.25, 0.3) is 5.91 Å². The van der Waals surface area contributed by atoms with Crippen molar-refractivity contribution in [3.8, 4) is 0 Å². The zero-order valence-electron chi connectivity index (χ0n) is 12.7. The molecule has 0 aliphatic heterocycles. The molecule has 21 heavy (non-hydrogen) atoms. The Morgan fingerprint density at radius 2 is 2.19 bits per heavy atom. The lowest BCUT2D eigenvalue weighted by atomic mass is 10.1. The number of carbonyl (C=O) groups is 1. The van der Waals surface area contributed by atoms with Crippen molar-refractivity contribution < 1.29 is 4.79 Å². The van der Waals surface area contributed by atoms with E-state index in [1.165, 1.54) is 5.56 Å². The number of hydrogen-bond donors (Lipinski definition) is 2. The molecule has 0 fully saturated rings. The Labute approximate surface area is 129 Å². The molecule has 2 N–H and O–H groups in total. The topological polar surface area (TPSA) is 57.8 Å². The molecule has 0 bridgehead atoms. The van der Waals surface area contributed by atoms with E-state index in [2.05, 4.69) is 15.5 Å². The molecule has 0 unspecified atom stereocenters. The van der Waals surface area contributed by atoms with E-state index in [0.29, 0.717) is 6.54 Å². The number of benzene rings is 1. The van der Waals surface area contributed by atoms with Gasteiger partial charge in [0.1, 0.15) is 0 Å². The highest BCUT2D eigenvalue weighted by Gasteiger charge is 2.09. The van der Waals surface area contributed by atoms with E-state index in [4.69, 9.17) is 0 Å². The summed E-state index contributed by atoms with van der Waals surface area (Å²) in [7, 11) is 0. The third kappa shape index (κ3) is 4.11. The molecule has 0 saturated heterocycles. The standard InChI is InChI=1S/C16H21N3OS/c1-11-6-7-14(21-3)9-15(11)16(20)17-8-4-5-13-10-18-19-12(13)2/h6-7,9-10H,4-5,8H2,1-3H3,(H,17,20)(H,18,19). The van der Waals surface area contributed by atoms with Crippen molar-refractivity contribution in [1.29, 1.82) is 0 Å². The van der Waals surface area contributed by atoms with E-state index < -0.39 is 0 Å². The second-order valence-electron chi connectivity index (χ2n) is 5.06. The molecule has 1 aromatic carbocycles. The third-order valence-corrected chi connectivity index (χ3v) is 4.26. The molecule has 0 spiro atoms. The van der Waals surface area contributed by atoms with Gasteiger partial charge in [-0.15, -0.1) is 11.8 Å². The zero-order chi connectivity index (χ0) is 15.2. The molecule has 2 aromatic rings. The van der Waals surface area contributed by atoms with Gasteiger partial charge in [-0.1, -0.05) is 6.07 Å². The number of nitrogens with zero attached hydrogens (tertiary/aromatic N) is 1. The van der Waals surface area contributed by atoms with Crippen molar-refractivity contribution in [3.63, 3.8) is 0 Å². The summed E-state index contributed by atoms with van der Waals surface area (Å²) in [6.07, 6.45) is 5.70. The van der Waals surface area contributed by atoms with Crippen LogP contribution in [0.2, 0.25) is 0 Å². The van der Waals surface area contributed by atoms with E-state index in [9.17, 15) is 4.79 Å². The SMILES string of the molecule is CSc1ccc(C)c(C(=O)NCCCc2cn[nH]c2C)c1. The molecule has 112 valence electrons. The summed E-state index contributed by atoms with van der Waals surface area (Å²) >= 11 is 1.65. The van der Waals surface area contributed by atoms with Gasteiger partial charge in [0.15, 0.2) is 0 Å². The monoisotopic (exact) mass is 303 g/mol. The van der Waals surface area contributed by atoms with Gasteiger partial charge in [-0.3, -0.25) is 9.89 Å². The molecular formula is C16H21N3OS. The summed E-state index contributed by atoms with van der Waals surface area (Å²) in [6.45, 7) is 4.65. The number of rotatable bonds is 6. The lowest BCUT2D eigenvalue weighted by Gasteiger charge is -2.09. The molecular weight excluding hydrogens is 282 g/mol. The number of aromatic amines is 1. The van der Waals surface area contributed by atoms with Crippen LogP contribution in [0.1, 0.15) is 33.6 Å². The summed E-state index contributed by atoms with van der Waals surface area (Å²) < 4.78 is 0. The van der Waals surface area contributed by atoms with E-state index >= 15 is 0 Å². The Morgan fingerprint density at radius 1 is 1.38 bits per heavy atom. The van der Waals surface area contributed by atoms with Gasteiger partial charge < -0.3 is 5.32 Å². The fraction of sp³-hybridized carbons (Fsp3) is 0.375. The van der Waals surface area contributed by atoms with Crippen LogP contribution in [0.15, 0.2) is 29.3 Å². The number of hydrogen-bond acceptors (Lipinski definition) is 3. The van der Waals surface area contributed by atoms with E-state index in [0.717, 1.165) is 34.6 Å². The van der Waals surface area contributed by atoms with Crippen LogP contribution in [-0.2, 0) is 6.42 Å². The van der Waals surface area contributed by atoms with E-state index in [1.54, 1.807) is 11.8 Å². The van der Waals surface area contributed by atoms with Crippen molar-refractivity contribution in [2.24, 2.45) is 0 Å². The molecule has 4 nitrogen and oxygen atoms in total. The summed E-state index contributed by atoms with van der Waals surface area (Å²) in [5.41, 5.74) is 4.09. The molecule has 0 aliphatic carbocycles. The van der Waals surface area contributed by atoms with Crippen LogP contribution >= 0.6 is 11.8 Å². The first kappa shape index (κ1) is 15.6. The summed E-state index contributed by atoms with van der Waals surface area (Å²) in [5.74, 6) is 0.00677. The first-order valence-electron chi connectivity index (χ1n) is 7.03. The van der Waals surface area contributed by atoms with Crippen LogP contribution in [-0.4, -0.2) is 28.9 Å². The van der Waals surface area contributed by atoms with Crippen molar-refractivity contribution in [1.82, 2.24) is 15.5 Å². The molecule has 5 heteroatoms. The van der Waals surface area contributed by atoms with E-state index in [1.807, 2.05) is 44.5 Å². The van der Waals surface area contributed by atoms with Gasteiger partial charge in [-0.2, -0.15) is 5.10 Å². The Kier molecular flexibility index (Phi) is 5.44. The minimum atomic E-state index is 0.00677. The molecule has 1 aromatic heterocycles. The Morgan fingerprint density at radius 3 is 2.86 bits per heavy atom. The van der Waals surface area contributed by atoms with Crippen LogP contribution in [0, 0.1) is 13.8 Å². The van der Waals surface area contributed by atoms with Gasteiger partial charge in [0.2, 0.25) is 0 Å². The molecule has 0 atom stereocenters. The average Bonchev–Trinajstić information content (AvgIpc) is 2.89. The molecule has 0 aliphatic rings. The predicted molar refractivity (Wildman–Crippen MR) is 86.9 cm³/mol. The fourth-order valence-corrected chi connectivity index (χ4v) is 2.62. The number of carbonyl (C=O) groups excluding carboxylic acids is 1. The highest BCUT2D eigenvalue weighted by Crippen LogP contribution is 2.19. The summed E-state index contributed by atoms with van der Waals surface area (Å²) in [6, 6.07) is 5.99. The molecule has 2 rings (SSSR count). The van der Waals surface area contributed by atoms with Crippen molar-refractivity contribution in [2.45, 2.75) is 31.6 Å². The normalized spacial score (nSPS) is 10.6. The van der Waals surface area contributed by atoms with Crippen LogP contribution < -0.4 is 5.32 Å². The quantitative estimate of drug-likeness (QED) is 0.637. The number of amides is 1. The Bertz CT molecular complexity index is 622. The minimum Gasteiger partial charge on any atom is -0.352 e. The van der Waals surface area contributed by atoms with Crippen LogP contribution in [0.25, 0.3) is 0 Å². The predicted octanol–water partition coefficient (Wildman–Crippen LogP) is 3.11. The average molecular weight is 303 g/mol. The van der Waals surface area contributed by atoms with Crippen LogP contribution in [0.3, 0.4) is 0 Å². The number of thioether (sulfide) groups is 1. The molecule has 1 heterocycles. The number of aryl methyl sites for hydroxylation is 3. The van der Waals surface area contributed by atoms with Gasteiger partial charge in [0, 0.05) is 22.7 Å². The Hall–Kier alpha value is -1.75. The Balaban J connectivity index is 1.86. The van der Waals surface area contributed by atoms with Crippen LogP contribution in [0.4, 0.5) is 0 Å². The van der Waals surface area contributed by atoms with Gasteiger partial charge in [-0.05, 0) is 56.2 Å². The van der Waals surface area contributed by atoms with Crippen molar-refractivity contribution in [2.75, 3.05) is 12.8 Å². The minimum absolute atomic E-state index is 0.00677. The third-order valence-electron chi connectivity index (χ3n) is 3.53. The van der Waals surface area contributed by atoms with E-state index in [-0.39, 0.29) is 5.91 Å². The largest absolute Gasteiger partial charge is 0.352 e. The maximum Gasteiger partial charge on any atom is 0.251 e. The van der Waals surface area contributed by atoms with Crippen molar-refractivity contribution >= 4 is 17.7 Å². The number of aromatic nitrogens is 2. The maximum atomic E-state index is 12.2.